The van der Waals surface area contributed by atoms with Crippen LogP contribution >= 0.6 is 0 Å². The zero-order chi connectivity index (χ0) is 21.6. The number of pyridine rings is 1. The molecule has 0 saturated carbocycles. The molecule has 0 fully saturated rings. The van der Waals surface area contributed by atoms with Crippen LogP contribution in [0.5, 0.6) is 0 Å². The van der Waals surface area contributed by atoms with Gasteiger partial charge in [0.1, 0.15) is 5.69 Å². The molecule has 3 heterocycles. The number of aromatic nitrogens is 3. The van der Waals surface area contributed by atoms with E-state index in [2.05, 4.69) is 15.4 Å². The van der Waals surface area contributed by atoms with Gasteiger partial charge in [-0.25, -0.2) is 0 Å². The van der Waals surface area contributed by atoms with Gasteiger partial charge in [0.15, 0.2) is 0 Å². The first kappa shape index (κ1) is 19.8. The lowest BCUT2D eigenvalue weighted by molar-refractivity contribution is 0.0939. The van der Waals surface area contributed by atoms with Crippen molar-refractivity contribution in [3.05, 3.63) is 70.3 Å². The first-order valence-corrected chi connectivity index (χ1v) is 9.98. The number of carbonyl (C=O) groups is 2. The summed E-state index contributed by atoms with van der Waals surface area (Å²) in [5, 5.41) is 7.22. The molecule has 7 nitrogen and oxygen atoms in total. The van der Waals surface area contributed by atoms with Crippen LogP contribution < -0.4 is 10.2 Å². The van der Waals surface area contributed by atoms with Crippen LogP contribution in [0.15, 0.2) is 36.5 Å². The Bertz CT molecular complexity index is 1140. The number of aryl methyl sites for hydroxylation is 4. The Morgan fingerprint density at radius 3 is 2.43 bits per heavy atom. The molecule has 3 aromatic rings. The number of carbonyl (C=O) groups excluding carboxylic acids is 2. The zero-order valence-corrected chi connectivity index (χ0v) is 17.9. The SMILES string of the molecule is Cc1cc(NC(=O)c2cnn3c2C(=O)N(c2ccc(C)c(C)c2)C[C@@H]3C)cc(C)n1. The fourth-order valence-electron chi connectivity index (χ4n) is 3.85. The molecule has 1 atom stereocenters. The van der Waals surface area contributed by atoms with E-state index in [1.807, 2.05) is 52.8 Å². The van der Waals surface area contributed by atoms with Crippen LogP contribution in [0.1, 0.15) is 56.3 Å². The van der Waals surface area contributed by atoms with Gasteiger partial charge < -0.3 is 10.2 Å². The molecule has 7 heteroatoms. The topological polar surface area (TPSA) is 80.1 Å². The van der Waals surface area contributed by atoms with Crippen molar-refractivity contribution >= 4 is 23.2 Å². The third kappa shape index (κ3) is 3.47. The smallest absolute Gasteiger partial charge is 0.277 e. The van der Waals surface area contributed by atoms with Gasteiger partial charge in [0.2, 0.25) is 0 Å². The van der Waals surface area contributed by atoms with E-state index in [1.54, 1.807) is 21.7 Å². The van der Waals surface area contributed by atoms with Gasteiger partial charge >= 0.3 is 0 Å². The fourth-order valence-corrected chi connectivity index (χ4v) is 3.85. The van der Waals surface area contributed by atoms with E-state index in [4.69, 9.17) is 0 Å². The van der Waals surface area contributed by atoms with Gasteiger partial charge in [0, 0.05) is 29.3 Å². The number of rotatable bonds is 3. The number of nitrogens with zero attached hydrogens (tertiary/aromatic N) is 4. The van der Waals surface area contributed by atoms with E-state index in [1.165, 1.54) is 11.8 Å². The average molecular weight is 403 g/mol. The van der Waals surface area contributed by atoms with Crippen molar-refractivity contribution in [3.8, 4) is 0 Å². The van der Waals surface area contributed by atoms with Gasteiger partial charge in [-0.2, -0.15) is 5.10 Å². The second-order valence-electron chi connectivity index (χ2n) is 7.98. The van der Waals surface area contributed by atoms with Crippen LogP contribution in [-0.4, -0.2) is 33.1 Å². The highest BCUT2D eigenvalue weighted by Gasteiger charge is 2.35. The molecule has 4 rings (SSSR count). The van der Waals surface area contributed by atoms with Crippen LogP contribution in [0, 0.1) is 27.7 Å². The molecule has 0 unspecified atom stereocenters. The maximum absolute atomic E-state index is 13.4. The van der Waals surface area contributed by atoms with Crippen molar-refractivity contribution in [2.75, 3.05) is 16.8 Å². The minimum Gasteiger partial charge on any atom is -0.322 e. The summed E-state index contributed by atoms with van der Waals surface area (Å²) in [6, 6.07) is 9.51. The summed E-state index contributed by atoms with van der Waals surface area (Å²) in [5.41, 5.74) is 5.97. The number of hydrogen-bond acceptors (Lipinski definition) is 4. The van der Waals surface area contributed by atoms with Crippen molar-refractivity contribution in [2.24, 2.45) is 0 Å². The molecule has 1 N–H and O–H groups in total. The van der Waals surface area contributed by atoms with Crippen molar-refractivity contribution in [2.45, 2.75) is 40.7 Å². The lowest BCUT2D eigenvalue weighted by Gasteiger charge is -2.32. The first-order valence-electron chi connectivity index (χ1n) is 9.98. The molecule has 1 aromatic carbocycles. The van der Waals surface area contributed by atoms with Crippen molar-refractivity contribution in [1.82, 2.24) is 14.8 Å². The van der Waals surface area contributed by atoms with Crippen LogP contribution in [0.2, 0.25) is 0 Å². The number of benzene rings is 1. The Balaban J connectivity index is 1.69. The third-order valence-electron chi connectivity index (χ3n) is 5.49. The molecule has 30 heavy (non-hydrogen) atoms. The maximum Gasteiger partial charge on any atom is 0.277 e. The highest BCUT2D eigenvalue weighted by Crippen LogP contribution is 2.29. The monoisotopic (exact) mass is 403 g/mol. The van der Waals surface area contributed by atoms with Gasteiger partial charge in [-0.15, -0.1) is 0 Å². The van der Waals surface area contributed by atoms with Gasteiger partial charge in [0.05, 0.1) is 17.8 Å². The van der Waals surface area contributed by atoms with Crippen LogP contribution in [0.3, 0.4) is 0 Å². The predicted octanol–water partition coefficient (Wildman–Crippen LogP) is 3.99. The number of anilines is 2. The minimum absolute atomic E-state index is 0.0497. The van der Waals surface area contributed by atoms with E-state index in [9.17, 15) is 9.59 Å². The Hall–Kier alpha value is -3.48. The molecule has 2 aromatic heterocycles. The molecule has 2 amide bonds. The summed E-state index contributed by atoms with van der Waals surface area (Å²) < 4.78 is 1.65. The summed E-state index contributed by atoms with van der Waals surface area (Å²) in [4.78, 5) is 32.4. The molecule has 1 aliphatic rings. The lowest BCUT2D eigenvalue weighted by Crippen LogP contribution is -2.43. The molecule has 0 bridgehead atoms. The predicted molar refractivity (Wildman–Crippen MR) is 116 cm³/mol. The van der Waals surface area contributed by atoms with Crippen LogP contribution in [0.25, 0.3) is 0 Å². The molecule has 0 radical (unpaired) electrons. The summed E-state index contributed by atoms with van der Waals surface area (Å²) in [6.45, 7) is 10.3. The molecule has 1 aliphatic heterocycles. The van der Waals surface area contributed by atoms with Gasteiger partial charge in [-0.3, -0.25) is 19.3 Å². The second-order valence-corrected chi connectivity index (χ2v) is 7.98. The molecule has 154 valence electrons. The summed E-state index contributed by atoms with van der Waals surface area (Å²) >= 11 is 0. The molecule has 0 saturated heterocycles. The Morgan fingerprint density at radius 2 is 1.77 bits per heavy atom. The van der Waals surface area contributed by atoms with Gasteiger partial charge in [-0.05, 0) is 70.0 Å². The van der Waals surface area contributed by atoms with Crippen molar-refractivity contribution in [1.29, 1.82) is 0 Å². The van der Waals surface area contributed by atoms with E-state index < -0.39 is 0 Å². The van der Waals surface area contributed by atoms with Crippen LogP contribution in [-0.2, 0) is 0 Å². The quantitative estimate of drug-likeness (QED) is 0.717. The van der Waals surface area contributed by atoms with Crippen LogP contribution in [0.4, 0.5) is 11.4 Å². The second kappa shape index (κ2) is 7.40. The molecule has 0 spiro atoms. The third-order valence-corrected chi connectivity index (χ3v) is 5.49. The number of nitrogens with one attached hydrogen (secondary N) is 1. The van der Waals surface area contributed by atoms with E-state index >= 15 is 0 Å². The number of fused-ring (bicyclic) bond motifs is 1. The van der Waals surface area contributed by atoms with Gasteiger partial charge in [0.25, 0.3) is 11.8 Å². The lowest BCUT2D eigenvalue weighted by atomic mass is 10.1. The molecular formula is C23H25N5O2. The van der Waals surface area contributed by atoms with Gasteiger partial charge in [-0.1, -0.05) is 6.07 Å². The molecular weight excluding hydrogens is 378 g/mol. The standard InChI is InChI=1S/C23H25N5O2/c1-13-6-7-19(8-14(13)2)27-12-17(5)28-21(23(27)30)20(11-24-28)22(29)26-18-9-15(3)25-16(4)10-18/h6-11,17H,12H2,1-5H3,(H,25,26,29)/t17-/m0/s1. The highest BCUT2D eigenvalue weighted by molar-refractivity contribution is 6.15. The molecule has 0 aliphatic carbocycles. The summed E-state index contributed by atoms with van der Waals surface area (Å²) in [6.07, 6.45) is 1.48. The largest absolute Gasteiger partial charge is 0.322 e. The number of hydrogen-bond donors (Lipinski definition) is 1. The highest BCUT2D eigenvalue weighted by atomic mass is 16.2. The zero-order valence-electron chi connectivity index (χ0n) is 17.9. The van der Waals surface area contributed by atoms with E-state index in [-0.39, 0.29) is 23.4 Å². The van der Waals surface area contributed by atoms with E-state index in [0.717, 1.165) is 22.6 Å². The average Bonchev–Trinajstić information content (AvgIpc) is 3.12. The Labute approximate surface area is 175 Å². The minimum atomic E-state index is -0.358. The Morgan fingerprint density at radius 1 is 1.07 bits per heavy atom. The summed E-state index contributed by atoms with van der Waals surface area (Å²) in [5.74, 6) is -0.579. The fraction of sp³-hybridized carbons (Fsp3) is 0.304. The van der Waals surface area contributed by atoms with E-state index in [0.29, 0.717) is 17.9 Å². The first-order chi connectivity index (χ1) is 14.2. The number of amides is 2. The Kier molecular flexibility index (Phi) is 4.89. The van der Waals surface area contributed by atoms with Crippen molar-refractivity contribution in [3.63, 3.8) is 0 Å². The normalized spacial score (nSPS) is 15.8. The maximum atomic E-state index is 13.4. The van der Waals surface area contributed by atoms with Crippen molar-refractivity contribution < 1.29 is 9.59 Å². The summed E-state index contributed by atoms with van der Waals surface area (Å²) in [7, 11) is 0.